The Labute approximate surface area is 126 Å². The van der Waals surface area contributed by atoms with Gasteiger partial charge in [-0.15, -0.1) is 0 Å². The van der Waals surface area contributed by atoms with Crippen LogP contribution in [0.2, 0.25) is 0 Å². The maximum atomic E-state index is 12.6. The van der Waals surface area contributed by atoms with Crippen molar-refractivity contribution in [3.8, 4) is 0 Å². The summed E-state index contributed by atoms with van der Waals surface area (Å²) in [6.07, 6.45) is 1.23. The molecule has 118 valence electrons. The minimum Gasteiger partial charge on any atom is -0.466 e. The Morgan fingerprint density at radius 2 is 2.00 bits per heavy atom. The van der Waals surface area contributed by atoms with E-state index in [1.807, 2.05) is 27.7 Å². The normalized spacial score (nSPS) is 10.8. The van der Waals surface area contributed by atoms with Gasteiger partial charge in [-0.3, -0.25) is 9.59 Å². The minimum atomic E-state index is -0.0809. The SMILES string of the molecule is CCCNC(=O)CCN(C(=O)c1cc(C)oc1C)C(C)C. The molecule has 0 aromatic carbocycles. The summed E-state index contributed by atoms with van der Waals surface area (Å²) in [5, 5.41) is 2.83. The molecule has 0 bridgehead atoms. The van der Waals surface area contributed by atoms with Crippen LogP contribution < -0.4 is 5.32 Å². The molecule has 1 N–H and O–H groups in total. The summed E-state index contributed by atoms with van der Waals surface area (Å²) < 4.78 is 5.42. The van der Waals surface area contributed by atoms with E-state index in [2.05, 4.69) is 5.32 Å². The van der Waals surface area contributed by atoms with Crippen LogP contribution in [-0.4, -0.2) is 35.8 Å². The van der Waals surface area contributed by atoms with Crippen LogP contribution in [0.5, 0.6) is 0 Å². The lowest BCUT2D eigenvalue weighted by atomic mass is 10.1. The standard InChI is InChI=1S/C16H26N2O3/c1-6-8-17-15(19)7-9-18(11(2)3)16(20)14-10-12(4)21-13(14)5/h10-11H,6-9H2,1-5H3,(H,17,19). The van der Waals surface area contributed by atoms with Gasteiger partial charge in [0.2, 0.25) is 5.91 Å². The largest absolute Gasteiger partial charge is 0.466 e. The van der Waals surface area contributed by atoms with E-state index in [1.54, 1.807) is 17.9 Å². The molecule has 1 rings (SSSR count). The second kappa shape index (κ2) is 7.86. The zero-order chi connectivity index (χ0) is 16.0. The Balaban J connectivity index is 2.71. The van der Waals surface area contributed by atoms with Gasteiger partial charge >= 0.3 is 0 Å². The van der Waals surface area contributed by atoms with Crippen molar-refractivity contribution < 1.29 is 14.0 Å². The summed E-state index contributed by atoms with van der Waals surface area (Å²) in [4.78, 5) is 26.0. The average Bonchev–Trinajstić information content (AvgIpc) is 2.74. The first-order valence-electron chi connectivity index (χ1n) is 7.51. The molecule has 5 nitrogen and oxygen atoms in total. The number of carbonyl (C=O) groups is 2. The number of hydrogen-bond donors (Lipinski definition) is 1. The number of amides is 2. The lowest BCUT2D eigenvalue weighted by molar-refractivity contribution is -0.121. The Hall–Kier alpha value is -1.78. The number of hydrogen-bond acceptors (Lipinski definition) is 3. The first-order chi connectivity index (χ1) is 9.86. The fourth-order valence-corrected chi connectivity index (χ4v) is 2.17. The highest BCUT2D eigenvalue weighted by atomic mass is 16.3. The predicted molar refractivity (Wildman–Crippen MR) is 82.3 cm³/mol. The van der Waals surface area contributed by atoms with Gasteiger partial charge in [-0.25, -0.2) is 0 Å². The molecule has 0 spiro atoms. The Morgan fingerprint density at radius 3 is 2.48 bits per heavy atom. The molecular weight excluding hydrogens is 268 g/mol. The maximum absolute atomic E-state index is 12.6. The first-order valence-corrected chi connectivity index (χ1v) is 7.51. The van der Waals surface area contributed by atoms with Gasteiger partial charge in [-0.2, -0.15) is 0 Å². The van der Waals surface area contributed by atoms with Crippen molar-refractivity contribution in [3.05, 3.63) is 23.2 Å². The van der Waals surface area contributed by atoms with Crippen molar-refractivity contribution in [1.82, 2.24) is 10.2 Å². The van der Waals surface area contributed by atoms with E-state index in [0.29, 0.717) is 30.8 Å². The van der Waals surface area contributed by atoms with Crippen LogP contribution >= 0.6 is 0 Å². The van der Waals surface area contributed by atoms with Crippen LogP contribution in [-0.2, 0) is 4.79 Å². The van der Waals surface area contributed by atoms with Gasteiger partial charge in [0.15, 0.2) is 0 Å². The third-order valence-electron chi connectivity index (χ3n) is 3.31. The molecule has 0 aliphatic carbocycles. The number of furan rings is 1. The molecule has 0 aliphatic rings. The second-order valence-electron chi connectivity index (χ2n) is 5.52. The molecule has 0 aliphatic heterocycles. The number of carbonyl (C=O) groups excluding carboxylic acids is 2. The summed E-state index contributed by atoms with van der Waals surface area (Å²) in [7, 11) is 0. The molecule has 0 saturated heterocycles. The lowest BCUT2D eigenvalue weighted by Gasteiger charge is -2.26. The molecule has 1 aromatic heterocycles. The van der Waals surface area contributed by atoms with E-state index in [9.17, 15) is 9.59 Å². The number of nitrogens with zero attached hydrogens (tertiary/aromatic N) is 1. The topological polar surface area (TPSA) is 62.6 Å². The van der Waals surface area contributed by atoms with Crippen LogP contribution in [0.4, 0.5) is 0 Å². The lowest BCUT2D eigenvalue weighted by Crippen LogP contribution is -2.40. The van der Waals surface area contributed by atoms with E-state index in [-0.39, 0.29) is 17.9 Å². The van der Waals surface area contributed by atoms with E-state index < -0.39 is 0 Å². The summed E-state index contributed by atoms with van der Waals surface area (Å²) in [6, 6.07) is 1.79. The Bertz CT molecular complexity index is 492. The Morgan fingerprint density at radius 1 is 1.33 bits per heavy atom. The van der Waals surface area contributed by atoms with Crippen molar-refractivity contribution in [3.63, 3.8) is 0 Å². The summed E-state index contributed by atoms with van der Waals surface area (Å²) in [5.41, 5.74) is 0.579. The quantitative estimate of drug-likeness (QED) is 0.841. The Kier molecular flexibility index (Phi) is 6.46. The third-order valence-corrected chi connectivity index (χ3v) is 3.31. The zero-order valence-electron chi connectivity index (χ0n) is 13.7. The third kappa shape index (κ3) is 4.92. The number of rotatable bonds is 7. The maximum Gasteiger partial charge on any atom is 0.257 e. The van der Waals surface area contributed by atoms with E-state index in [0.717, 1.165) is 12.2 Å². The fourth-order valence-electron chi connectivity index (χ4n) is 2.17. The zero-order valence-corrected chi connectivity index (χ0v) is 13.7. The minimum absolute atomic E-state index is 0.0182. The van der Waals surface area contributed by atoms with E-state index in [4.69, 9.17) is 4.42 Å². The van der Waals surface area contributed by atoms with Crippen LogP contribution in [0.1, 0.15) is 55.5 Å². The van der Waals surface area contributed by atoms with Crippen LogP contribution in [0.3, 0.4) is 0 Å². The van der Waals surface area contributed by atoms with Gasteiger partial charge in [0.25, 0.3) is 5.91 Å². The molecule has 0 radical (unpaired) electrons. The average molecular weight is 294 g/mol. The van der Waals surface area contributed by atoms with Gasteiger partial charge in [0, 0.05) is 25.6 Å². The van der Waals surface area contributed by atoms with Crippen molar-refractivity contribution in [1.29, 1.82) is 0 Å². The highest BCUT2D eigenvalue weighted by Gasteiger charge is 2.23. The monoisotopic (exact) mass is 294 g/mol. The fraction of sp³-hybridized carbons (Fsp3) is 0.625. The van der Waals surface area contributed by atoms with Gasteiger partial charge < -0.3 is 14.6 Å². The van der Waals surface area contributed by atoms with Gasteiger partial charge in [0.05, 0.1) is 5.56 Å². The molecular formula is C16H26N2O3. The van der Waals surface area contributed by atoms with Crippen molar-refractivity contribution in [2.24, 2.45) is 0 Å². The van der Waals surface area contributed by atoms with Crippen LogP contribution in [0.15, 0.2) is 10.5 Å². The van der Waals surface area contributed by atoms with Crippen molar-refractivity contribution in [2.75, 3.05) is 13.1 Å². The van der Waals surface area contributed by atoms with Crippen molar-refractivity contribution in [2.45, 2.75) is 53.5 Å². The first kappa shape index (κ1) is 17.3. The predicted octanol–water partition coefficient (Wildman–Crippen LogP) is 2.66. The van der Waals surface area contributed by atoms with Crippen molar-refractivity contribution >= 4 is 11.8 Å². The molecule has 2 amide bonds. The molecule has 0 saturated carbocycles. The molecule has 21 heavy (non-hydrogen) atoms. The molecule has 0 atom stereocenters. The summed E-state index contributed by atoms with van der Waals surface area (Å²) in [6.45, 7) is 10.6. The second-order valence-corrected chi connectivity index (χ2v) is 5.52. The van der Waals surface area contributed by atoms with Crippen LogP contribution in [0.25, 0.3) is 0 Å². The number of nitrogens with one attached hydrogen (secondary N) is 1. The van der Waals surface area contributed by atoms with E-state index in [1.165, 1.54) is 0 Å². The van der Waals surface area contributed by atoms with Gasteiger partial charge in [-0.1, -0.05) is 6.92 Å². The molecule has 1 heterocycles. The molecule has 0 unspecified atom stereocenters. The van der Waals surface area contributed by atoms with Crippen LogP contribution in [0, 0.1) is 13.8 Å². The van der Waals surface area contributed by atoms with E-state index >= 15 is 0 Å². The summed E-state index contributed by atoms with van der Waals surface area (Å²) >= 11 is 0. The van der Waals surface area contributed by atoms with Gasteiger partial charge in [0.1, 0.15) is 11.5 Å². The smallest absolute Gasteiger partial charge is 0.257 e. The highest BCUT2D eigenvalue weighted by molar-refractivity contribution is 5.95. The highest BCUT2D eigenvalue weighted by Crippen LogP contribution is 2.17. The molecule has 1 aromatic rings. The molecule has 5 heteroatoms. The van der Waals surface area contributed by atoms with Gasteiger partial charge in [-0.05, 0) is 40.2 Å². The number of aryl methyl sites for hydroxylation is 2. The molecule has 0 fully saturated rings. The summed E-state index contributed by atoms with van der Waals surface area (Å²) in [5.74, 6) is 1.25.